The fraction of sp³-hybridized carbons (Fsp3) is 0.188. The highest BCUT2D eigenvalue weighted by Gasteiger charge is 2.16. The number of carbonyl (C=O) groups is 1. The van der Waals surface area contributed by atoms with Gasteiger partial charge in [0.1, 0.15) is 5.75 Å². The van der Waals surface area contributed by atoms with Crippen LogP contribution < -0.4 is 5.73 Å². The van der Waals surface area contributed by atoms with Gasteiger partial charge in [-0.05, 0) is 46.4 Å². The summed E-state index contributed by atoms with van der Waals surface area (Å²) >= 11 is 2.02. The Balaban J connectivity index is 2.20. The summed E-state index contributed by atoms with van der Waals surface area (Å²) in [6.07, 6.45) is 0. The average Bonchev–Trinajstić information content (AvgIpc) is 2.50. The molecule has 0 radical (unpaired) electrons. The van der Waals surface area contributed by atoms with E-state index in [0.29, 0.717) is 25.2 Å². The van der Waals surface area contributed by atoms with Gasteiger partial charge < -0.3 is 15.7 Å². The molecule has 0 bridgehead atoms. The minimum atomic E-state index is -0.129. The number of nitrogens with two attached hydrogens (primary N) is 1. The second-order valence-electron chi connectivity index (χ2n) is 4.67. The molecule has 2 aromatic carbocycles. The summed E-state index contributed by atoms with van der Waals surface area (Å²) in [4.78, 5) is 14.3. The van der Waals surface area contributed by atoms with Crippen molar-refractivity contribution >= 4 is 28.5 Å². The zero-order valence-electron chi connectivity index (χ0n) is 11.5. The number of carbonyl (C=O) groups excluding carboxylic acids is 1. The molecule has 0 aliphatic heterocycles. The SMILES string of the molecule is NCCN(Cc1ccccc1)C(=O)c1ccc(I)c(O)c1. The van der Waals surface area contributed by atoms with Crippen LogP contribution in [0.1, 0.15) is 15.9 Å². The molecule has 2 aromatic rings. The van der Waals surface area contributed by atoms with Gasteiger partial charge in [0.15, 0.2) is 0 Å². The van der Waals surface area contributed by atoms with Crippen molar-refractivity contribution in [2.24, 2.45) is 5.73 Å². The van der Waals surface area contributed by atoms with E-state index in [1.54, 1.807) is 17.0 Å². The number of phenolic OH excluding ortho intramolecular Hbond substituents is 1. The molecule has 3 N–H and O–H groups in total. The summed E-state index contributed by atoms with van der Waals surface area (Å²) in [6, 6.07) is 14.7. The summed E-state index contributed by atoms with van der Waals surface area (Å²) in [7, 11) is 0. The Morgan fingerprint density at radius 1 is 1.19 bits per heavy atom. The fourth-order valence-electron chi connectivity index (χ4n) is 2.04. The van der Waals surface area contributed by atoms with Gasteiger partial charge in [-0.3, -0.25) is 4.79 Å². The molecular weight excluding hydrogens is 379 g/mol. The van der Waals surface area contributed by atoms with E-state index in [-0.39, 0.29) is 11.7 Å². The van der Waals surface area contributed by atoms with Gasteiger partial charge in [-0.15, -0.1) is 0 Å². The van der Waals surface area contributed by atoms with Crippen molar-refractivity contribution in [1.29, 1.82) is 0 Å². The maximum Gasteiger partial charge on any atom is 0.254 e. The Labute approximate surface area is 137 Å². The molecule has 0 heterocycles. The smallest absolute Gasteiger partial charge is 0.254 e. The van der Waals surface area contributed by atoms with E-state index in [1.165, 1.54) is 6.07 Å². The third kappa shape index (κ3) is 4.18. The number of nitrogens with zero attached hydrogens (tertiary/aromatic N) is 1. The largest absolute Gasteiger partial charge is 0.507 e. The highest BCUT2D eigenvalue weighted by molar-refractivity contribution is 14.1. The number of aromatic hydroxyl groups is 1. The van der Waals surface area contributed by atoms with Crippen LogP contribution in [0.2, 0.25) is 0 Å². The zero-order valence-corrected chi connectivity index (χ0v) is 13.7. The van der Waals surface area contributed by atoms with E-state index in [9.17, 15) is 9.90 Å². The summed E-state index contributed by atoms with van der Waals surface area (Å²) in [5, 5.41) is 9.75. The number of hydrogen-bond acceptors (Lipinski definition) is 3. The number of rotatable bonds is 5. The van der Waals surface area contributed by atoms with Gasteiger partial charge in [-0.2, -0.15) is 0 Å². The van der Waals surface area contributed by atoms with Gasteiger partial charge in [0.25, 0.3) is 5.91 Å². The van der Waals surface area contributed by atoms with E-state index in [2.05, 4.69) is 0 Å². The molecular formula is C16H17IN2O2. The average molecular weight is 396 g/mol. The molecule has 0 aliphatic carbocycles. The molecule has 0 aromatic heterocycles. The lowest BCUT2D eigenvalue weighted by atomic mass is 10.1. The van der Waals surface area contributed by atoms with Crippen LogP contribution >= 0.6 is 22.6 Å². The van der Waals surface area contributed by atoms with Crippen molar-refractivity contribution in [3.63, 3.8) is 0 Å². The summed E-state index contributed by atoms with van der Waals surface area (Å²) in [5.74, 6) is -0.00939. The molecule has 4 nitrogen and oxygen atoms in total. The topological polar surface area (TPSA) is 66.6 Å². The first-order chi connectivity index (χ1) is 10.1. The summed E-state index contributed by atoms with van der Waals surface area (Å²) in [5.41, 5.74) is 7.13. The van der Waals surface area contributed by atoms with Crippen molar-refractivity contribution in [2.75, 3.05) is 13.1 Å². The highest BCUT2D eigenvalue weighted by Crippen LogP contribution is 2.21. The fourth-order valence-corrected chi connectivity index (χ4v) is 2.38. The predicted octanol–water partition coefficient (Wildman–Crippen LogP) is 2.60. The second-order valence-corrected chi connectivity index (χ2v) is 5.83. The monoisotopic (exact) mass is 396 g/mol. The maximum absolute atomic E-state index is 12.6. The normalized spacial score (nSPS) is 10.4. The van der Waals surface area contributed by atoms with Crippen molar-refractivity contribution in [3.05, 3.63) is 63.2 Å². The van der Waals surface area contributed by atoms with E-state index >= 15 is 0 Å². The lowest BCUT2D eigenvalue weighted by Crippen LogP contribution is -2.34. The Bertz CT molecular complexity index is 617. The molecule has 0 unspecified atom stereocenters. The highest BCUT2D eigenvalue weighted by atomic mass is 127. The van der Waals surface area contributed by atoms with Crippen LogP contribution in [0.25, 0.3) is 0 Å². The van der Waals surface area contributed by atoms with Crippen LogP contribution in [0.15, 0.2) is 48.5 Å². The molecule has 0 fully saturated rings. The molecule has 2 rings (SSSR count). The van der Waals surface area contributed by atoms with Crippen LogP contribution in [-0.2, 0) is 6.54 Å². The van der Waals surface area contributed by atoms with Crippen LogP contribution in [0.4, 0.5) is 0 Å². The number of amides is 1. The van der Waals surface area contributed by atoms with Gasteiger partial charge in [0.05, 0.1) is 3.57 Å². The number of phenols is 1. The van der Waals surface area contributed by atoms with E-state index in [4.69, 9.17) is 5.73 Å². The third-order valence-electron chi connectivity index (χ3n) is 3.10. The maximum atomic E-state index is 12.6. The molecule has 110 valence electrons. The van der Waals surface area contributed by atoms with Crippen LogP contribution in [-0.4, -0.2) is 29.0 Å². The van der Waals surface area contributed by atoms with E-state index < -0.39 is 0 Å². The number of benzene rings is 2. The second kappa shape index (κ2) is 7.42. The Kier molecular flexibility index (Phi) is 5.58. The van der Waals surface area contributed by atoms with Gasteiger partial charge in [0.2, 0.25) is 0 Å². The first kappa shape index (κ1) is 15.8. The molecule has 0 aliphatic rings. The van der Waals surface area contributed by atoms with Crippen LogP contribution in [0, 0.1) is 3.57 Å². The standard InChI is InChI=1S/C16H17IN2O2/c17-14-7-6-13(10-15(14)20)16(21)19(9-8-18)11-12-4-2-1-3-5-12/h1-7,10,20H,8-9,11,18H2. The minimum absolute atomic E-state index is 0.119. The van der Waals surface area contributed by atoms with Crippen molar-refractivity contribution in [2.45, 2.75) is 6.54 Å². The van der Waals surface area contributed by atoms with Crippen LogP contribution in [0.3, 0.4) is 0 Å². The number of halogens is 1. The lowest BCUT2D eigenvalue weighted by Gasteiger charge is -2.22. The molecule has 5 heteroatoms. The quantitative estimate of drug-likeness (QED) is 0.764. The van der Waals surface area contributed by atoms with E-state index in [1.807, 2.05) is 52.9 Å². The van der Waals surface area contributed by atoms with Gasteiger partial charge >= 0.3 is 0 Å². The van der Waals surface area contributed by atoms with Crippen molar-refractivity contribution < 1.29 is 9.90 Å². The first-order valence-electron chi connectivity index (χ1n) is 6.63. The van der Waals surface area contributed by atoms with Crippen LogP contribution in [0.5, 0.6) is 5.75 Å². The summed E-state index contributed by atoms with van der Waals surface area (Å²) in [6.45, 7) is 1.37. The summed E-state index contributed by atoms with van der Waals surface area (Å²) < 4.78 is 0.720. The lowest BCUT2D eigenvalue weighted by molar-refractivity contribution is 0.0748. The molecule has 0 spiro atoms. The first-order valence-corrected chi connectivity index (χ1v) is 7.71. The molecule has 1 amide bonds. The minimum Gasteiger partial charge on any atom is -0.507 e. The number of hydrogen-bond donors (Lipinski definition) is 2. The van der Waals surface area contributed by atoms with Crippen molar-refractivity contribution in [1.82, 2.24) is 4.90 Å². The zero-order chi connectivity index (χ0) is 15.2. The Morgan fingerprint density at radius 3 is 2.52 bits per heavy atom. The molecule has 0 saturated heterocycles. The van der Waals surface area contributed by atoms with Gasteiger partial charge in [-0.25, -0.2) is 0 Å². The molecule has 21 heavy (non-hydrogen) atoms. The molecule has 0 saturated carbocycles. The Morgan fingerprint density at radius 2 is 1.90 bits per heavy atom. The molecule has 0 atom stereocenters. The van der Waals surface area contributed by atoms with Gasteiger partial charge in [-0.1, -0.05) is 30.3 Å². The van der Waals surface area contributed by atoms with Crippen molar-refractivity contribution in [3.8, 4) is 5.75 Å². The Hall–Kier alpha value is -1.60. The third-order valence-corrected chi connectivity index (χ3v) is 4.01. The predicted molar refractivity (Wildman–Crippen MR) is 91.1 cm³/mol. The van der Waals surface area contributed by atoms with Gasteiger partial charge in [0, 0.05) is 25.2 Å². The van der Waals surface area contributed by atoms with E-state index in [0.717, 1.165) is 9.13 Å².